The van der Waals surface area contributed by atoms with Gasteiger partial charge >= 0.3 is 0 Å². The Hall–Kier alpha value is -2.24. The number of halogens is 1. The molecule has 0 saturated carbocycles. The van der Waals surface area contributed by atoms with Crippen molar-refractivity contribution >= 4 is 22.9 Å². The van der Waals surface area contributed by atoms with Crippen LogP contribution in [0.3, 0.4) is 0 Å². The molecular formula is C20H23ClN4O. The first-order valence-corrected chi connectivity index (χ1v) is 9.27. The Bertz CT molecular complexity index is 952. The van der Waals surface area contributed by atoms with Gasteiger partial charge in [-0.2, -0.15) is 0 Å². The van der Waals surface area contributed by atoms with Crippen LogP contribution in [0.4, 0.5) is 5.69 Å². The van der Waals surface area contributed by atoms with Gasteiger partial charge < -0.3 is 19.8 Å². The maximum Gasteiger partial charge on any atom is 0.139 e. The number of imidazole rings is 1. The highest BCUT2D eigenvalue weighted by Gasteiger charge is 2.18. The summed E-state index contributed by atoms with van der Waals surface area (Å²) in [6.45, 7) is 3.99. The van der Waals surface area contributed by atoms with Crippen LogP contribution in [-0.4, -0.2) is 35.6 Å². The number of benzene rings is 1. The lowest BCUT2D eigenvalue weighted by Gasteiger charge is -2.32. The number of nitrogens with two attached hydrogens (primary N) is 1. The van der Waals surface area contributed by atoms with E-state index in [0.717, 1.165) is 48.4 Å². The summed E-state index contributed by atoms with van der Waals surface area (Å²) in [5.74, 6) is 0.681. The van der Waals surface area contributed by atoms with E-state index in [-0.39, 0.29) is 6.04 Å². The third kappa shape index (κ3) is 3.13. The van der Waals surface area contributed by atoms with Crippen LogP contribution < -0.4 is 15.4 Å². The number of methoxy groups -OCH3 is 1. The van der Waals surface area contributed by atoms with Crippen molar-refractivity contribution < 1.29 is 4.74 Å². The first-order chi connectivity index (χ1) is 12.5. The summed E-state index contributed by atoms with van der Waals surface area (Å²) < 4.78 is 7.34. The van der Waals surface area contributed by atoms with Crippen LogP contribution in [0.5, 0.6) is 5.75 Å². The Morgan fingerprint density at radius 1 is 1.31 bits per heavy atom. The number of hydrogen-bond acceptors (Lipinski definition) is 4. The maximum atomic E-state index is 6.31. The normalized spacial score (nSPS) is 17.7. The Morgan fingerprint density at radius 3 is 2.92 bits per heavy atom. The van der Waals surface area contributed by atoms with E-state index < -0.39 is 0 Å². The minimum absolute atomic E-state index is 0.249. The van der Waals surface area contributed by atoms with E-state index in [4.69, 9.17) is 27.1 Å². The van der Waals surface area contributed by atoms with Crippen molar-refractivity contribution in [2.45, 2.75) is 25.8 Å². The molecule has 6 heteroatoms. The first kappa shape index (κ1) is 17.2. The van der Waals surface area contributed by atoms with Crippen LogP contribution in [0.25, 0.3) is 16.9 Å². The predicted octanol–water partition coefficient (Wildman–Crippen LogP) is 3.90. The lowest BCUT2D eigenvalue weighted by Crippen LogP contribution is -2.42. The molecule has 2 aromatic heterocycles. The molecule has 1 unspecified atom stereocenters. The van der Waals surface area contributed by atoms with Crippen LogP contribution in [0.2, 0.25) is 5.02 Å². The van der Waals surface area contributed by atoms with Crippen molar-refractivity contribution in [1.29, 1.82) is 0 Å². The van der Waals surface area contributed by atoms with Crippen LogP contribution in [-0.2, 0) is 0 Å². The van der Waals surface area contributed by atoms with E-state index in [1.54, 1.807) is 7.11 Å². The number of aryl methyl sites for hydroxylation is 1. The third-order valence-electron chi connectivity index (χ3n) is 5.04. The molecule has 2 N–H and O–H groups in total. The highest BCUT2D eigenvalue weighted by Crippen LogP contribution is 2.33. The Morgan fingerprint density at radius 2 is 2.15 bits per heavy atom. The smallest absolute Gasteiger partial charge is 0.139 e. The summed E-state index contributed by atoms with van der Waals surface area (Å²) in [5.41, 5.74) is 11.2. The fourth-order valence-corrected chi connectivity index (χ4v) is 3.87. The highest BCUT2D eigenvalue weighted by molar-refractivity contribution is 6.32. The molecule has 0 spiro atoms. The van der Waals surface area contributed by atoms with Crippen molar-refractivity contribution in [3.63, 3.8) is 0 Å². The molecule has 5 nitrogen and oxygen atoms in total. The molecule has 4 rings (SSSR count). The van der Waals surface area contributed by atoms with Crippen LogP contribution in [0.15, 0.2) is 36.7 Å². The van der Waals surface area contributed by atoms with Gasteiger partial charge in [-0.15, -0.1) is 0 Å². The quantitative estimate of drug-likeness (QED) is 0.759. The van der Waals surface area contributed by atoms with E-state index >= 15 is 0 Å². The molecule has 1 saturated heterocycles. The Kier molecular flexibility index (Phi) is 4.51. The standard InChI is InChI=1S/C20H23ClN4O/c1-13-8-19(26-2)17(21)10-16(13)18-12-25-7-5-15(9-20(25)23-18)24-6-3-4-14(22)11-24/h5,7-10,12,14H,3-4,6,11,22H2,1-2H3. The van der Waals surface area contributed by atoms with E-state index in [1.165, 1.54) is 5.69 Å². The molecular weight excluding hydrogens is 348 g/mol. The molecule has 3 heterocycles. The molecule has 3 aromatic rings. The van der Waals surface area contributed by atoms with Gasteiger partial charge in [0.15, 0.2) is 0 Å². The second-order valence-corrected chi connectivity index (χ2v) is 7.33. The fraction of sp³-hybridized carbons (Fsp3) is 0.350. The van der Waals surface area contributed by atoms with Crippen molar-refractivity contribution in [2.24, 2.45) is 5.73 Å². The molecule has 1 aliphatic rings. The third-order valence-corrected chi connectivity index (χ3v) is 5.34. The average molecular weight is 371 g/mol. The molecule has 1 aromatic carbocycles. The second kappa shape index (κ2) is 6.82. The number of nitrogens with zero attached hydrogens (tertiary/aromatic N) is 3. The van der Waals surface area contributed by atoms with Gasteiger partial charge in [0.2, 0.25) is 0 Å². The van der Waals surface area contributed by atoms with E-state index in [1.807, 2.05) is 29.7 Å². The molecule has 0 aliphatic carbocycles. The van der Waals surface area contributed by atoms with Gasteiger partial charge in [0, 0.05) is 48.8 Å². The zero-order chi connectivity index (χ0) is 18.3. The summed E-state index contributed by atoms with van der Waals surface area (Å²) in [7, 11) is 1.62. The van der Waals surface area contributed by atoms with Gasteiger partial charge in [0.1, 0.15) is 11.4 Å². The molecule has 0 radical (unpaired) electrons. The van der Waals surface area contributed by atoms with Gasteiger partial charge in [0.05, 0.1) is 17.8 Å². The van der Waals surface area contributed by atoms with E-state index in [9.17, 15) is 0 Å². The van der Waals surface area contributed by atoms with E-state index in [2.05, 4.69) is 23.2 Å². The molecule has 1 aliphatic heterocycles. The molecule has 0 amide bonds. The second-order valence-electron chi connectivity index (χ2n) is 6.93. The van der Waals surface area contributed by atoms with Crippen molar-refractivity contribution in [3.8, 4) is 17.0 Å². The highest BCUT2D eigenvalue weighted by atomic mass is 35.5. The van der Waals surface area contributed by atoms with Crippen LogP contribution in [0, 0.1) is 6.92 Å². The van der Waals surface area contributed by atoms with Gasteiger partial charge in [-0.05, 0) is 43.5 Å². The predicted molar refractivity (Wildman–Crippen MR) is 106 cm³/mol. The summed E-state index contributed by atoms with van der Waals surface area (Å²) >= 11 is 6.31. The number of pyridine rings is 1. The molecule has 1 atom stereocenters. The Labute approximate surface area is 158 Å². The molecule has 1 fully saturated rings. The molecule has 26 heavy (non-hydrogen) atoms. The SMILES string of the molecule is COc1cc(C)c(-c2cn3ccc(N4CCCC(N)C4)cc3n2)cc1Cl. The minimum Gasteiger partial charge on any atom is -0.495 e. The lowest BCUT2D eigenvalue weighted by molar-refractivity contribution is 0.415. The summed E-state index contributed by atoms with van der Waals surface area (Å²) in [6, 6.07) is 8.37. The average Bonchev–Trinajstić information content (AvgIpc) is 3.06. The number of hydrogen-bond donors (Lipinski definition) is 1. The zero-order valence-corrected chi connectivity index (χ0v) is 15.8. The van der Waals surface area contributed by atoms with Gasteiger partial charge in [-0.1, -0.05) is 11.6 Å². The van der Waals surface area contributed by atoms with Gasteiger partial charge in [-0.3, -0.25) is 0 Å². The summed E-state index contributed by atoms with van der Waals surface area (Å²) in [4.78, 5) is 7.17. The fourth-order valence-electron chi connectivity index (χ4n) is 3.63. The number of rotatable bonds is 3. The monoisotopic (exact) mass is 370 g/mol. The molecule has 0 bridgehead atoms. The minimum atomic E-state index is 0.249. The van der Waals surface area contributed by atoms with Crippen LogP contribution in [0.1, 0.15) is 18.4 Å². The van der Waals surface area contributed by atoms with Crippen molar-refractivity contribution in [3.05, 3.63) is 47.2 Å². The largest absolute Gasteiger partial charge is 0.495 e. The number of fused-ring (bicyclic) bond motifs is 1. The van der Waals surface area contributed by atoms with E-state index in [0.29, 0.717) is 10.8 Å². The Balaban J connectivity index is 1.71. The number of anilines is 1. The topological polar surface area (TPSA) is 55.8 Å². The number of piperidine rings is 1. The zero-order valence-electron chi connectivity index (χ0n) is 15.1. The summed E-state index contributed by atoms with van der Waals surface area (Å²) in [5, 5.41) is 0.591. The van der Waals surface area contributed by atoms with Crippen LogP contribution >= 0.6 is 11.6 Å². The van der Waals surface area contributed by atoms with Gasteiger partial charge in [0.25, 0.3) is 0 Å². The van der Waals surface area contributed by atoms with Crippen molar-refractivity contribution in [1.82, 2.24) is 9.38 Å². The first-order valence-electron chi connectivity index (χ1n) is 8.89. The lowest BCUT2D eigenvalue weighted by atomic mass is 10.1. The van der Waals surface area contributed by atoms with Crippen molar-refractivity contribution in [2.75, 3.05) is 25.1 Å². The maximum absolute atomic E-state index is 6.31. The number of ether oxygens (including phenoxy) is 1. The van der Waals surface area contributed by atoms with Gasteiger partial charge in [-0.25, -0.2) is 4.98 Å². The summed E-state index contributed by atoms with van der Waals surface area (Å²) in [6.07, 6.45) is 6.33. The number of aromatic nitrogens is 2. The molecule has 136 valence electrons.